The van der Waals surface area contributed by atoms with Gasteiger partial charge in [-0.3, -0.25) is 0 Å². The van der Waals surface area contributed by atoms with Crippen LogP contribution in [0.15, 0.2) is 22.7 Å². The van der Waals surface area contributed by atoms with Gasteiger partial charge in [0.1, 0.15) is 5.75 Å². The van der Waals surface area contributed by atoms with Gasteiger partial charge in [0.05, 0.1) is 16.6 Å². The fourth-order valence-electron chi connectivity index (χ4n) is 1.61. The molecular formula is C12H13BrO3. The van der Waals surface area contributed by atoms with Crippen molar-refractivity contribution < 1.29 is 14.6 Å². The van der Waals surface area contributed by atoms with Gasteiger partial charge in [0.25, 0.3) is 0 Å². The minimum atomic E-state index is -0.930. The van der Waals surface area contributed by atoms with Gasteiger partial charge in [-0.1, -0.05) is 6.42 Å². The third-order valence-corrected chi connectivity index (χ3v) is 3.53. The van der Waals surface area contributed by atoms with Crippen molar-refractivity contribution in [2.75, 3.05) is 6.61 Å². The molecule has 1 N–H and O–H groups in total. The number of rotatable bonds is 4. The van der Waals surface area contributed by atoms with Crippen LogP contribution in [0.3, 0.4) is 0 Å². The van der Waals surface area contributed by atoms with Crippen LogP contribution in [0.2, 0.25) is 0 Å². The molecular weight excluding hydrogens is 272 g/mol. The molecule has 0 spiro atoms. The van der Waals surface area contributed by atoms with E-state index in [1.807, 2.05) is 0 Å². The molecule has 0 heterocycles. The summed E-state index contributed by atoms with van der Waals surface area (Å²) in [7, 11) is 0. The molecule has 2 rings (SSSR count). The van der Waals surface area contributed by atoms with Crippen molar-refractivity contribution >= 4 is 21.9 Å². The molecule has 86 valence electrons. The summed E-state index contributed by atoms with van der Waals surface area (Å²) in [5.41, 5.74) is 0.256. The smallest absolute Gasteiger partial charge is 0.335 e. The van der Waals surface area contributed by atoms with Crippen LogP contribution in [0.1, 0.15) is 29.6 Å². The van der Waals surface area contributed by atoms with E-state index in [1.165, 1.54) is 19.3 Å². The van der Waals surface area contributed by atoms with Gasteiger partial charge in [-0.25, -0.2) is 4.79 Å². The van der Waals surface area contributed by atoms with Crippen molar-refractivity contribution in [3.63, 3.8) is 0 Å². The number of hydrogen-bond acceptors (Lipinski definition) is 2. The van der Waals surface area contributed by atoms with Crippen molar-refractivity contribution in [1.29, 1.82) is 0 Å². The lowest BCUT2D eigenvalue weighted by Crippen LogP contribution is -2.19. The normalized spacial score (nSPS) is 15.6. The molecule has 16 heavy (non-hydrogen) atoms. The minimum absolute atomic E-state index is 0.256. The van der Waals surface area contributed by atoms with E-state index in [4.69, 9.17) is 9.84 Å². The van der Waals surface area contributed by atoms with Crippen molar-refractivity contribution in [2.45, 2.75) is 19.3 Å². The molecule has 1 aromatic carbocycles. The van der Waals surface area contributed by atoms with Gasteiger partial charge in [-0.05, 0) is 52.9 Å². The van der Waals surface area contributed by atoms with E-state index in [1.54, 1.807) is 18.2 Å². The number of benzene rings is 1. The number of aromatic carboxylic acids is 1. The topological polar surface area (TPSA) is 46.5 Å². The highest BCUT2D eigenvalue weighted by atomic mass is 79.9. The predicted molar refractivity (Wildman–Crippen MR) is 63.9 cm³/mol. The summed E-state index contributed by atoms with van der Waals surface area (Å²) in [6.45, 7) is 0.682. The predicted octanol–water partition coefficient (Wildman–Crippen LogP) is 3.33. The average Bonchev–Trinajstić information content (AvgIpc) is 2.18. The summed E-state index contributed by atoms with van der Waals surface area (Å²) in [6.07, 6.45) is 3.72. The lowest BCUT2D eigenvalue weighted by Gasteiger charge is -2.25. The Bertz CT molecular complexity index is 399. The van der Waals surface area contributed by atoms with Gasteiger partial charge in [0.15, 0.2) is 0 Å². The Morgan fingerprint density at radius 2 is 2.25 bits per heavy atom. The second-order valence-electron chi connectivity index (χ2n) is 4.06. The lowest BCUT2D eigenvalue weighted by molar-refractivity contribution is 0.0696. The van der Waals surface area contributed by atoms with Gasteiger partial charge >= 0.3 is 5.97 Å². The number of carboxylic acid groups (broad SMARTS) is 1. The number of hydrogen-bond donors (Lipinski definition) is 1. The van der Waals surface area contributed by atoms with Crippen molar-refractivity contribution in [3.8, 4) is 5.75 Å². The summed E-state index contributed by atoms with van der Waals surface area (Å²) in [4.78, 5) is 10.8. The zero-order valence-electron chi connectivity index (χ0n) is 8.78. The van der Waals surface area contributed by atoms with Gasteiger partial charge in [-0.15, -0.1) is 0 Å². The zero-order chi connectivity index (χ0) is 11.5. The Kier molecular flexibility index (Phi) is 3.49. The molecule has 3 nitrogen and oxygen atoms in total. The summed E-state index contributed by atoms with van der Waals surface area (Å²) < 4.78 is 6.42. The molecule has 1 aliphatic rings. The number of carbonyl (C=O) groups is 1. The minimum Gasteiger partial charge on any atom is -0.492 e. The maximum atomic E-state index is 10.8. The first kappa shape index (κ1) is 11.5. The van der Waals surface area contributed by atoms with Gasteiger partial charge in [0, 0.05) is 0 Å². The van der Waals surface area contributed by atoms with Crippen molar-refractivity contribution in [1.82, 2.24) is 0 Å². The third-order valence-electron chi connectivity index (χ3n) is 2.88. The molecule has 0 atom stereocenters. The van der Waals surface area contributed by atoms with Crippen molar-refractivity contribution in [2.24, 2.45) is 5.92 Å². The number of ether oxygens (including phenoxy) is 1. The second kappa shape index (κ2) is 4.87. The van der Waals surface area contributed by atoms with Gasteiger partial charge < -0.3 is 9.84 Å². The monoisotopic (exact) mass is 284 g/mol. The fourth-order valence-corrected chi connectivity index (χ4v) is 1.98. The van der Waals surface area contributed by atoms with E-state index in [-0.39, 0.29) is 5.56 Å². The third kappa shape index (κ3) is 2.55. The van der Waals surface area contributed by atoms with Crippen LogP contribution in [0, 0.1) is 5.92 Å². The van der Waals surface area contributed by atoms with E-state index in [2.05, 4.69) is 15.9 Å². The summed E-state index contributed by atoms with van der Waals surface area (Å²) in [6, 6.07) is 4.83. The Morgan fingerprint density at radius 3 is 2.81 bits per heavy atom. The van der Waals surface area contributed by atoms with Crippen LogP contribution in [0.25, 0.3) is 0 Å². The standard InChI is InChI=1S/C12H13BrO3/c13-10-5-4-9(12(14)15)6-11(10)16-7-8-2-1-3-8/h4-6,8H,1-3,7H2,(H,14,15). The molecule has 0 radical (unpaired) electrons. The first-order valence-corrected chi connectivity index (χ1v) is 6.12. The van der Waals surface area contributed by atoms with E-state index >= 15 is 0 Å². The van der Waals surface area contributed by atoms with E-state index in [9.17, 15) is 4.79 Å². The summed E-state index contributed by atoms with van der Waals surface area (Å²) in [5.74, 6) is 0.327. The maximum absolute atomic E-state index is 10.8. The molecule has 0 unspecified atom stereocenters. The SMILES string of the molecule is O=C(O)c1ccc(Br)c(OCC2CCC2)c1. The molecule has 1 aromatic rings. The van der Waals surface area contributed by atoms with E-state index in [0.29, 0.717) is 18.3 Å². The number of halogens is 1. The van der Waals surface area contributed by atoms with Crippen LogP contribution in [0.5, 0.6) is 5.75 Å². The molecule has 0 amide bonds. The first-order chi connectivity index (χ1) is 7.66. The highest BCUT2D eigenvalue weighted by molar-refractivity contribution is 9.10. The van der Waals surface area contributed by atoms with E-state index in [0.717, 1.165) is 4.47 Å². The zero-order valence-corrected chi connectivity index (χ0v) is 10.4. The van der Waals surface area contributed by atoms with Crippen molar-refractivity contribution in [3.05, 3.63) is 28.2 Å². The Balaban J connectivity index is 2.05. The molecule has 4 heteroatoms. The molecule has 0 saturated heterocycles. The molecule has 0 aromatic heterocycles. The van der Waals surface area contributed by atoms with E-state index < -0.39 is 5.97 Å². The summed E-state index contributed by atoms with van der Waals surface area (Å²) >= 11 is 3.35. The highest BCUT2D eigenvalue weighted by Crippen LogP contribution is 2.30. The summed E-state index contributed by atoms with van der Waals surface area (Å²) in [5, 5.41) is 8.86. The quantitative estimate of drug-likeness (QED) is 0.923. The largest absolute Gasteiger partial charge is 0.492 e. The van der Waals surface area contributed by atoms with Crippen LogP contribution >= 0.6 is 15.9 Å². The van der Waals surface area contributed by atoms with Gasteiger partial charge in [0.2, 0.25) is 0 Å². The average molecular weight is 285 g/mol. The van der Waals surface area contributed by atoms with Crippen LogP contribution in [-0.2, 0) is 0 Å². The fraction of sp³-hybridized carbons (Fsp3) is 0.417. The van der Waals surface area contributed by atoms with Crippen LogP contribution < -0.4 is 4.74 Å². The number of carboxylic acids is 1. The van der Waals surface area contributed by atoms with Gasteiger partial charge in [-0.2, -0.15) is 0 Å². The molecule has 1 aliphatic carbocycles. The maximum Gasteiger partial charge on any atom is 0.335 e. The Labute approximate surface area is 103 Å². The molecule has 1 fully saturated rings. The molecule has 1 saturated carbocycles. The lowest BCUT2D eigenvalue weighted by atomic mass is 9.86. The first-order valence-electron chi connectivity index (χ1n) is 5.32. The van der Waals surface area contributed by atoms with Crippen LogP contribution in [0.4, 0.5) is 0 Å². The Hall–Kier alpha value is -1.03. The van der Waals surface area contributed by atoms with Crippen LogP contribution in [-0.4, -0.2) is 17.7 Å². The molecule has 0 aliphatic heterocycles. The Morgan fingerprint density at radius 1 is 1.50 bits per heavy atom. The highest BCUT2D eigenvalue weighted by Gasteiger charge is 2.18. The molecule has 0 bridgehead atoms. The second-order valence-corrected chi connectivity index (χ2v) is 4.91.